The van der Waals surface area contributed by atoms with E-state index >= 15 is 0 Å². The van der Waals surface area contributed by atoms with Gasteiger partial charge in [0.1, 0.15) is 0 Å². The molecule has 2 nitrogen and oxygen atoms in total. The molecule has 4 heteroatoms. The van der Waals surface area contributed by atoms with Crippen LogP contribution >= 0.6 is 27.3 Å². The predicted octanol–water partition coefficient (Wildman–Crippen LogP) is 3.20. The minimum absolute atomic E-state index is 0.890. The highest BCUT2D eigenvalue weighted by Crippen LogP contribution is 2.10. The lowest BCUT2D eigenvalue weighted by atomic mass is 10.2. The fourth-order valence-corrected chi connectivity index (χ4v) is 2.09. The molecule has 0 amide bonds. The van der Waals surface area contributed by atoms with E-state index in [2.05, 4.69) is 50.5 Å². The first-order valence-electron chi connectivity index (χ1n) is 4.67. The Morgan fingerprint density at radius 1 is 1.20 bits per heavy atom. The summed E-state index contributed by atoms with van der Waals surface area (Å²) in [5, 5.41) is 3.38. The highest BCUT2D eigenvalue weighted by molar-refractivity contribution is 9.10. The van der Waals surface area contributed by atoms with E-state index in [0.29, 0.717) is 0 Å². The Balaban J connectivity index is 1.81. The quantitative estimate of drug-likeness (QED) is 0.932. The summed E-state index contributed by atoms with van der Waals surface area (Å²) in [6.45, 7) is 1.78. The van der Waals surface area contributed by atoms with Gasteiger partial charge in [-0.3, -0.25) is 4.98 Å². The minimum atomic E-state index is 0.890. The molecule has 0 atom stereocenters. The van der Waals surface area contributed by atoms with E-state index in [1.807, 2.05) is 11.7 Å². The molecule has 1 N–H and O–H groups in total. The van der Waals surface area contributed by atoms with Crippen molar-refractivity contribution >= 4 is 27.3 Å². The van der Waals surface area contributed by atoms with E-state index < -0.39 is 0 Å². The molecule has 1 aromatic heterocycles. The van der Waals surface area contributed by atoms with E-state index in [-0.39, 0.29) is 0 Å². The number of nitrogens with one attached hydrogen (secondary N) is 1. The maximum atomic E-state index is 4.03. The fraction of sp³-hybridized carbons (Fsp3) is 0.182. The van der Waals surface area contributed by atoms with Crippen LogP contribution in [-0.2, 0) is 13.1 Å². The number of aromatic nitrogens is 1. The van der Waals surface area contributed by atoms with Gasteiger partial charge in [-0.25, -0.2) is 0 Å². The van der Waals surface area contributed by atoms with Gasteiger partial charge in [-0.2, -0.15) is 0 Å². The Kier molecular flexibility index (Phi) is 3.88. The number of rotatable bonds is 4. The molecule has 0 saturated heterocycles. The van der Waals surface area contributed by atoms with E-state index in [9.17, 15) is 0 Å². The minimum Gasteiger partial charge on any atom is -0.308 e. The number of hydrogen-bond acceptors (Lipinski definition) is 3. The number of nitrogens with zero attached hydrogens (tertiary/aromatic N) is 1. The molecule has 0 aliphatic carbocycles. The number of benzene rings is 1. The fourth-order valence-electron chi connectivity index (χ4n) is 1.26. The van der Waals surface area contributed by atoms with Crippen molar-refractivity contribution in [3.8, 4) is 0 Å². The van der Waals surface area contributed by atoms with Crippen LogP contribution in [0.25, 0.3) is 0 Å². The van der Waals surface area contributed by atoms with Crippen LogP contribution in [0.4, 0.5) is 0 Å². The first-order chi connectivity index (χ1) is 7.34. The van der Waals surface area contributed by atoms with Crippen LogP contribution in [0.1, 0.15) is 10.4 Å². The normalized spacial score (nSPS) is 10.5. The monoisotopic (exact) mass is 282 g/mol. The lowest BCUT2D eigenvalue weighted by Crippen LogP contribution is -2.11. The molecule has 78 valence electrons. The molecule has 0 fully saturated rings. The molecule has 2 aromatic rings. The van der Waals surface area contributed by atoms with Gasteiger partial charge < -0.3 is 5.32 Å². The van der Waals surface area contributed by atoms with Crippen molar-refractivity contribution in [1.29, 1.82) is 0 Å². The Labute approximate surface area is 101 Å². The highest BCUT2D eigenvalue weighted by Gasteiger charge is 1.95. The first kappa shape index (κ1) is 10.8. The number of hydrogen-bond donors (Lipinski definition) is 1. The standard InChI is InChI=1S/C11H11BrN2S/c12-10-3-1-9(2-4-10)5-13-6-11-7-14-8-15-11/h1-4,7-8,13H,5-6H2. The zero-order chi connectivity index (χ0) is 10.5. The molecule has 2 rings (SSSR count). The van der Waals surface area contributed by atoms with Gasteiger partial charge >= 0.3 is 0 Å². The molecule has 0 aliphatic heterocycles. The van der Waals surface area contributed by atoms with Gasteiger partial charge in [-0.05, 0) is 17.7 Å². The van der Waals surface area contributed by atoms with Crippen LogP contribution in [0.2, 0.25) is 0 Å². The van der Waals surface area contributed by atoms with Gasteiger partial charge in [-0.15, -0.1) is 11.3 Å². The lowest BCUT2D eigenvalue weighted by Gasteiger charge is -2.02. The first-order valence-corrected chi connectivity index (χ1v) is 6.34. The number of thiazole rings is 1. The maximum Gasteiger partial charge on any atom is 0.0794 e. The Bertz CT molecular complexity index is 397. The van der Waals surface area contributed by atoms with Crippen molar-refractivity contribution in [2.75, 3.05) is 0 Å². The summed E-state index contributed by atoms with van der Waals surface area (Å²) in [6.07, 6.45) is 1.90. The molecule has 0 saturated carbocycles. The predicted molar refractivity (Wildman–Crippen MR) is 66.8 cm³/mol. The van der Waals surface area contributed by atoms with Crippen molar-refractivity contribution in [2.24, 2.45) is 0 Å². The zero-order valence-corrected chi connectivity index (χ0v) is 10.5. The molecule has 0 bridgehead atoms. The van der Waals surface area contributed by atoms with Crippen LogP contribution in [0.3, 0.4) is 0 Å². The van der Waals surface area contributed by atoms with Crippen molar-refractivity contribution in [3.05, 3.63) is 50.9 Å². The van der Waals surface area contributed by atoms with Gasteiger partial charge in [0.15, 0.2) is 0 Å². The third kappa shape index (κ3) is 3.41. The van der Waals surface area contributed by atoms with Crippen molar-refractivity contribution in [1.82, 2.24) is 10.3 Å². The number of halogens is 1. The summed E-state index contributed by atoms with van der Waals surface area (Å²) < 4.78 is 1.12. The van der Waals surface area contributed by atoms with Gasteiger partial charge in [-0.1, -0.05) is 28.1 Å². The van der Waals surface area contributed by atoms with Gasteiger partial charge in [0.25, 0.3) is 0 Å². The third-order valence-corrected chi connectivity index (χ3v) is 3.33. The van der Waals surface area contributed by atoms with Crippen molar-refractivity contribution in [2.45, 2.75) is 13.1 Å². The topological polar surface area (TPSA) is 24.9 Å². The van der Waals surface area contributed by atoms with E-state index in [1.54, 1.807) is 11.3 Å². The molecule has 1 heterocycles. The summed E-state index contributed by atoms with van der Waals surface area (Å²) in [5.74, 6) is 0. The lowest BCUT2D eigenvalue weighted by molar-refractivity contribution is 0.700. The van der Waals surface area contributed by atoms with E-state index in [1.165, 1.54) is 10.4 Å². The van der Waals surface area contributed by atoms with Crippen LogP contribution < -0.4 is 5.32 Å². The highest BCUT2D eigenvalue weighted by atomic mass is 79.9. The van der Waals surface area contributed by atoms with E-state index in [4.69, 9.17) is 0 Å². The van der Waals surface area contributed by atoms with Crippen molar-refractivity contribution < 1.29 is 0 Å². The van der Waals surface area contributed by atoms with Gasteiger partial charge in [0.05, 0.1) is 5.51 Å². The van der Waals surface area contributed by atoms with Crippen LogP contribution in [0, 0.1) is 0 Å². The third-order valence-electron chi connectivity index (χ3n) is 2.03. The molecule has 0 unspecified atom stereocenters. The smallest absolute Gasteiger partial charge is 0.0794 e. The van der Waals surface area contributed by atoms with Gasteiger partial charge in [0.2, 0.25) is 0 Å². The molecular weight excluding hydrogens is 272 g/mol. The molecule has 0 spiro atoms. The summed E-state index contributed by atoms with van der Waals surface area (Å²) in [7, 11) is 0. The maximum absolute atomic E-state index is 4.03. The Morgan fingerprint density at radius 2 is 2.00 bits per heavy atom. The summed E-state index contributed by atoms with van der Waals surface area (Å²) in [4.78, 5) is 5.30. The molecule has 15 heavy (non-hydrogen) atoms. The zero-order valence-electron chi connectivity index (χ0n) is 8.11. The summed E-state index contributed by atoms with van der Waals surface area (Å²) >= 11 is 5.10. The molecule has 1 aromatic carbocycles. The SMILES string of the molecule is Brc1ccc(CNCc2cncs2)cc1. The summed E-state index contributed by atoms with van der Waals surface area (Å²) in [5.41, 5.74) is 3.15. The van der Waals surface area contributed by atoms with Crippen molar-refractivity contribution in [3.63, 3.8) is 0 Å². The second-order valence-corrected chi connectivity index (χ2v) is 5.08. The molecule has 0 aliphatic rings. The molecule has 0 radical (unpaired) electrons. The van der Waals surface area contributed by atoms with Crippen LogP contribution in [0.5, 0.6) is 0 Å². The Morgan fingerprint density at radius 3 is 2.67 bits per heavy atom. The van der Waals surface area contributed by atoms with Crippen LogP contribution in [0.15, 0.2) is 40.4 Å². The molecular formula is C11H11BrN2S. The second kappa shape index (κ2) is 5.39. The average molecular weight is 283 g/mol. The Hall–Kier alpha value is -0.710. The van der Waals surface area contributed by atoms with E-state index in [0.717, 1.165) is 17.6 Å². The second-order valence-electron chi connectivity index (χ2n) is 3.20. The summed E-state index contributed by atoms with van der Waals surface area (Å²) in [6, 6.07) is 8.35. The van der Waals surface area contributed by atoms with Gasteiger partial charge in [0, 0.05) is 28.6 Å². The largest absolute Gasteiger partial charge is 0.308 e. The average Bonchev–Trinajstić information content (AvgIpc) is 2.74. The van der Waals surface area contributed by atoms with Crippen LogP contribution in [-0.4, -0.2) is 4.98 Å².